The minimum absolute atomic E-state index is 0.151. The average Bonchev–Trinajstić information content (AvgIpc) is 2.98. The molecule has 1 amide bonds. The third-order valence-electron chi connectivity index (χ3n) is 3.71. The van der Waals surface area contributed by atoms with Gasteiger partial charge in [-0.1, -0.05) is 0 Å². The second-order valence-electron chi connectivity index (χ2n) is 5.60. The first-order chi connectivity index (χ1) is 7.58. The van der Waals surface area contributed by atoms with Gasteiger partial charge in [-0.25, -0.2) is 0 Å². The largest absolute Gasteiger partial charge is 0.379 e. The fourth-order valence-electron chi connectivity index (χ4n) is 2.32. The Labute approximate surface area is 103 Å². The van der Waals surface area contributed by atoms with Crippen molar-refractivity contribution in [3.8, 4) is 0 Å². The third kappa shape index (κ3) is 2.92. The molecule has 16 heavy (non-hydrogen) atoms. The van der Waals surface area contributed by atoms with Crippen LogP contribution in [-0.2, 0) is 9.53 Å². The quantitative estimate of drug-likeness (QED) is 0.739. The Morgan fingerprint density at radius 3 is 2.69 bits per heavy atom. The summed E-state index contributed by atoms with van der Waals surface area (Å²) in [6.07, 6.45) is 4.99. The zero-order chi connectivity index (χ0) is 11.6. The molecule has 2 aliphatic rings. The number of thiol groups is 1. The van der Waals surface area contributed by atoms with Crippen molar-refractivity contribution in [2.24, 2.45) is 5.41 Å². The van der Waals surface area contributed by atoms with Gasteiger partial charge < -0.3 is 10.1 Å². The fourth-order valence-corrected chi connectivity index (χ4v) is 2.75. The summed E-state index contributed by atoms with van der Waals surface area (Å²) in [5.41, 5.74) is 0.0566. The van der Waals surface area contributed by atoms with Gasteiger partial charge in [0.05, 0.1) is 12.1 Å². The lowest BCUT2D eigenvalue weighted by Crippen LogP contribution is -2.52. The highest BCUT2D eigenvalue weighted by atomic mass is 32.1. The second-order valence-corrected chi connectivity index (χ2v) is 5.92. The van der Waals surface area contributed by atoms with Crippen LogP contribution in [0.2, 0.25) is 0 Å². The molecule has 2 fully saturated rings. The van der Waals surface area contributed by atoms with Crippen molar-refractivity contribution in [2.45, 2.75) is 44.6 Å². The molecule has 0 spiro atoms. The molecule has 1 N–H and O–H groups in total. The van der Waals surface area contributed by atoms with Gasteiger partial charge in [-0.2, -0.15) is 12.6 Å². The zero-order valence-electron chi connectivity index (χ0n) is 9.92. The highest BCUT2D eigenvalue weighted by Gasteiger charge is 2.43. The zero-order valence-corrected chi connectivity index (χ0v) is 10.8. The van der Waals surface area contributed by atoms with Gasteiger partial charge in [0, 0.05) is 13.0 Å². The Kier molecular flexibility index (Phi) is 3.50. The molecule has 3 nitrogen and oxygen atoms in total. The lowest BCUT2D eigenvalue weighted by atomic mass is 9.94. The van der Waals surface area contributed by atoms with E-state index in [-0.39, 0.29) is 16.9 Å². The van der Waals surface area contributed by atoms with Gasteiger partial charge in [0.2, 0.25) is 5.91 Å². The van der Waals surface area contributed by atoms with Crippen LogP contribution >= 0.6 is 12.6 Å². The normalized spacial score (nSPS) is 32.1. The van der Waals surface area contributed by atoms with Gasteiger partial charge in [-0.05, 0) is 43.8 Å². The van der Waals surface area contributed by atoms with Crippen LogP contribution in [0, 0.1) is 5.41 Å². The Morgan fingerprint density at radius 2 is 2.19 bits per heavy atom. The van der Waals surface area contributed by atoms with Crippen molar-refractivity contribution in [1.29, 1.82) is 0 Å². The van der Waals surface area contributed by atoms with Crippen molar-refractivity contribution in [3.05, 3.63) is 0 Å². The van der Waals surface area contributed by atoms with E-state index in [1.54, 1.807) is 0 Å². The minimum atomic E-state index is -0.151. The molecule has 0 radical (unpaired) electrons. The van der Waals surface area contributed by atoms with Crippen LogP contribution < -0.4 is 5.32 Å². The molecule has 1 saturated heterocycles. The average molecular weight is 243 g/mol. The molecule has 0 bridgehead atoms. The molecule has 92 valence electrons. The Balaban J connectivity index is 1.82. The predicted octanol–water partition coefficient (Wildman–Crippen LogP) is 1.77. The molecule has 1 heterocycles. The van der Waals surface area contributed by atoms with E-state index in [2.05, 4.69) is 24.9 Å². The van der Waals surface area contributed by atoms with Crippen LogP contribution in [-0.4, -0.2) is 30.4 Å². The van der Waals surface area contributed by atoms with Crippen molar-refractivity contribution in [2.75, 3.05) is 19.0 Å². The maximum atomic E-state index is 11.9. The molecular weight excluding hydrogens is 222 g/mol. The van der Waals surface area contributed by atoms with Gasteiger partial charge in [0.25, 0.3) is 0 Å². The van der Waals surface area contributed by atoms with Crippen LogP contribution in [0.25, 0.3) is 0 Å². The van der Waals surface area contributed by atoms with E-state index < -0.39 is 0 Å². The molecule has 2 rings (SSSR count). The monoisotopic (exact) mass is 243 g/mol. The molecule has 4 heteroatoms. The van der Waals surface area contributed by atoms with E-state index in [9.17, 15) is 4.79 Å². The number of hydrogen-bond donors (Lipinski definition) is 2. The van der Waals surface area contributed by atoms with Gasteiger partial charge >= 0.3 is 0 Å². The summed E-state index contributed by atoms with van der Waals surface area (Å²) < 4.78 is 5.43. The van der Waals surface area contributed by atoms with Gasteiger partial charge in [-0.15, -0.1) is 0 Å². The number of carbonyl (C=O) groups is 1. The molecule has 0 aromatic carbocycles. The van der Waals surface area contributed by atoms with E-state index in [1.807, 2.05) is 0 Å². The highest BCUT2D eigenvalue weighted by Crippen LogP contribution is 2.49. The van der Waals surface area contributed by atoms with E-state index in [4.69, 9.17) is 4.74 Å². The Morgan fingerprint density at radius 1 is 1.44 bits per heavy atom. The first-order valence-corrected chi connectivity index (χ1v) is 6.71. The van der Waals surface area contributed by atoms with Crippen LogP contribution in [0.4, 0.5) is 0 Å². The SMILES string of the molecule is CC1(NC(=O)CC2(CS)CC2)CCCOC1. The van der Waals surface area contributed by atoms with E-state index >= 15 is 0 Å². The van der Waals surface area contributed by atoms with Crippen molar-refractivity contribution >= 4 is 18.5 Å². The summed E-state index contributed by atoms with van der Waals surface area (Å²) in [5, 5.41) is 3.13. The lowest BCUT2D eigenvalue weighted by Gasteiger charge is -2.34. The lowest BCUT2D eigenvalue weighted by molar-refractivity contribution is -0.125. The topological polar surface area (TPSA) is 38.3 Å². The summed E-state index contributed by atoms with van der Waals surface area (Å²) in [6.45, 7) is 3.54. The molecule has 0 aromatic rings. The number of amides is 1. The smallest absolute Gasteiger partial charge is 0.221 e. The van der Waals surface area contributed by atoms with E-state index in [0.717, 1.165) is 38.0 Å². The van der Waals surface area contributed by atoms with Gasteiger partial charge in [0.15, 0.2) is 0 Å². The minimum Gasteiger partial charge on any atom is -0.379 e. The second kappa shape index (κ2) is 4.57. The van der Waals surface area contributed by atoms with Gasteiger partial charge in [-0.3, -0.25) is 4.79 Å². The van der Waals surface area contributed by atoms with Crippen molar-refractivity contribution < 1.29 is 9.53 Å². The number of nitrogens with one attached hydrogen (secondary N) is 1. The van der Waals surface area contributed by atoms with Gasteiger partial charge in [0.1, 0.15) is 0 Å². The Bertz CT molecular complexity index is 270. The predicted molar refractivity (Wildman–Crippen MR) is 66.7 cm³/mol. The number of rotatable bonds is 4. The van der Waals surface area contributed by atoms with E-state index in [1.165, 1.54) is 0 Å². The molecular formula is C12H21NO2S. The van der Waals surface area contributed by atoms with Crippen molar-refractivity contribution in [3.63, 3.8) is 0 Å². The third-order valence-corrected chi connectivity index (χ3v) is 4.38. The number of ether oxygens (including phenoxy) is 1. The molecule has 1 saturated carbocycles. The van der Waals surface area contributed by atoms with Crippen molar-refractivity contribution in [1.82, 2.24) is 5.32 Å². The molecule has 1 aliphatic heterocycles. The van der Waals surface area contributed by atoms with Crippen LogP contribution in [0.1, 0.15) is 39.0 Å². The fraction of sp³-hybridized carbons (Fsp3) is 0.917. The summed E-state index contributed by atoms with van der Waals surface area (Å²) >= 11 is 4.32. The van der Waals surface area contributed by atoms with E-state index in [0.29, 0.717) is 13.0 Å². The first kappa shape index (κ1) is 12.2. The maximum absolute atomic E-state index is 11.9. The standard InChI is InChI=1S/C12H21NO2S/c1-11(3-2-6-15-8-11)13-10(14)7-12(9-16)4-5-12/h16H,2-9H2,1H3,(H,13,14). The summed E-state index contributed by atoms with van der Waals surface area (Å²) in [4.78, 5) is 11.9. The molecule has 1 unspecified atom stereocenters. The number of carbonyl (C=O) groups excluding carboxylic acids is 1. The molecule has 1 atom stereocenters. The highest BCUT2D eigenvalue weighted by molar-refractivity contribution is 7.80. The van der Waals surface area contributed by atoms with Crippen LogP contribution in [0.15, 0.2) is 0 Å². The Hall–Kier alpha value is -0.220. The number of hydrogen-bond acceptors (Lipinski definition) is 3. The maximum Gasteiger partial charge on any atom is 0.221 e. The molecule has 0 aromatic heterocycles. The van der Waals surface area contributed by atoms with Crippen LogP contribution in [0.5, 0.6) is 0 Å². The summed E-state index contributed by atoms with van der Waals surface area (Å²) in [7, 11) is 0. The van der Waals surface area contributed by atoms with Crippen LogP contribution in [0.3, 0.4) is 0 Å². The first-order valence-electron chi connectivity index (χ1n) is 6.07. The summed E-state index contributed by atoms with van der Waals surface area (Å²) in [5.74, 6) is 0.993. The summed E-state index contributed by atoms with van der Waals surface area (Å²) in [6, 6.07) is 0. The molecule has 1 aliphatic carbocycles.